The molecule has 5 nitrogen and oxygen atoms in total. The first-order chi connectivity index (χ1) is 11.6. The van der Waals surface area contributed by atoms with Gasteiger partial charge in [-0.05, 0) is 51.6 Å². The summed E-state index contributed by atoms with van der Waals surface area (Å²) in [6.07, 6.45) is 1.96. The van der Waals surface area contributed by atoms with Crippen LogP contribution in [0.1, 0.15) is 25.3 Å². The van der Waals surface area contributed by atoms with Gasteiger partial charge >= 0.3 is 0 Å². The van der Waals surface area contributed by atoms with Crippen LogP contribution < -0.4 is 10.1 Å². The Hall–Kier alpha value is -1.24. The summed E-state index contributed by atoms with van der Waals surface area (Å²) < 4.78 is 11.3. The van der Waals surface area contributed by atoms with Gasteiger partial charge in [-0.15, -0.1) is 0 Å². The molecular formula is C18H28N2O3S. The van der Waals surface area contributed by atoms with Gasteiger partial charge in [0.15, 0.2) is 13.0 Å². The van der Waals surface area contributed by atoms with Gasteiger partial charge in [-0.25, -0.2) is 0 Å². The summed E-state index contributed by atoms with van der Waals surface area (Å²) in [5.74, 6) is 1.82. The zero-order valence-corrected chi connectivity index (χ0v) is 15.6. The van der Waals surface area contributed by atoms with Gasteiger partial charge in [0.05, 0.1) is 0 Å². The molecule has 1 amide bonds. The van der Waals surface area contributed by atoms with Crippen molar-refractivity contribution in [2.45, 2.75) is 38.3 Å². The highest BCUT2D eigenvalue weighted by molar-refractivity contribution is 8.00. The molecule has 1 heterocycles. The fraction of sp³-hybridized carbons (Fsp3) is 0.611. The lowest BCUT2D eigenvalue weighted by atomic mass is 10.2. The first-order valence-corrected chi connectivity index (χ1v) is 9.58. The van der Waals surface area contributed by atoms with Gasteiger partial charge in [-0.2, -0.15) is 11.8 Å². The Labute approximate surface area is 149 Å². The summed E-state index contributed by atoms with van der Waals surface area (Å²) in [6, 6.07) is 7.72. The average Bonchev–Trinajstić information content (AvgIpc) is 3.10. The Balaban J connectivity index is 1.97. The van der Waals surface area contributed by atoms with Gasteiger partial charge in [-0.3, -0.25) is 10.1 Å². The Morgan fingerprint density at radius 3 is 2.75 bits per heavy atom. The standard InChI is InChI=1S/C18H28N2O3S/c1-4-22-18(19-3)20(12-16-6-5-11-24-16)17(21)13-23-15-9-7-14(2)8-10-15/h7-10,16,18-19H,4-6,11-13H2,1-3H3. The lowest BCUT2D eigenvalue weighted by molar-refractivity contribution is -0.151. The predicted octanol–water partition coefficient (Wildman–Crippen LogP) is 2.64. The summed E-state index contributed by atoms with van der Waals surface area (Å²) in [5, 5.41) is 3.56. The molecular weight excluding hydrogens is 324 g/mol. The van der Waals surface area contributed by atoms with Crippen molar-refractivity contribution in [3.63, 3.8) is 0 Å². The number of hydrogen-bond acceptors (Lipinski definition) is 5. The first-order valence-electron chi connectivity index (χ1n) is 8.53. The third-order valence-electron chi connectivity index (χ3n) is 3.98. The average molecular weight is 353 g/mol. The maximum atomic E-state index is 12.7. The van der Waals surface area contributed by atoms with E-state index in [2.05, 4.69) is 5.32 Å². The minimum absolute atomic E-state index is 0.0195. The lowest BCUT2D eigenvalue weighted by Crippen LogP contribution is -2.52. The highest BCUT2D eigenvalue weighted by Gasteiger charge is 2.28. The number of hydrogen-bond donors (Lipinski definition) is 1. The number of nitrogens with one attached hydrogen (secondary N) is 1. The van der Waals surface area contributed by atoms with E-state index in [1.165, 1.54) is 17.7 Å². The van der Waals surface area contributed by atoms with Crippen molar-refractivity contribution in [2.75, 3.05) is 32.6 Å². The van der Waals surface area contributed by atoms with Crippen molar-refractivity contribution < 1.29 is 14.3 Å². The van der Waals surface area contributed by atoms with E-state index in [4.69, 9.17) is 9.47 Å². The number of amides is 1. The fourth-order valence-corrected chi connectivity index (χ4v) is 3.95. The largest absolute Gasteiger partial charge is 0.484 e. The molecule has 2 atom stereocenters. The van der Waals surface area contributed by atoms with Crippen LogP contribution in [0, 0.1) is 6.92 Å². The maximum absolute atomic E-state index is 12.7. The molecule has 2 rings (SSSR count). The number of ether oxygens (including phenoxy) is 2. The molecule has 0 aromatic heterocycles. The van der Waals surface area contributed by atoms with E-state index < -0.39 is 6.35 Å². The molecule has 134 valence electrons. The number of thioether (sulfide) groups is 1. The Kier molecular flexibility index (Phi) is 7.88. The monoisotopic (exact) mass is 352 g/mol. The smallest absolute Gasteiger partial charge is 0.263 e. The molecule has 1 aliphatic rings. The van der Waals surface area contributed by atoms with E-state index in [1.54, 1.807) is 4.90 Å². The van der Waals surface area contributed by atoms with Crippen LogP contribution in [0.25, 0.3) is 0 Å². The number of aryl methyl sites for hydroxylation is 1. The Bertz CT molecular complexity index is 503. The van der Waals surface area contributed by atoms with Crippen molar-refractivity contribution in [3.8, 4) is 5.75 Å². The molecule has 1 aliphatic heterocycles. The van der Waals surface area contributed by atoms with Crippen LogP contribution in [0.4, 0.5) is 0 Å². The van der Waals surface area contributed by atoms with Gasteiger partial charge in [0.2, 0.25) is 0 Å². The minimum atomic E-state index is -0.412. The normalized spacial score (nSPS) is 18.4. The second-order valence-electron chi connectivity index (χ2n) is 5.88. The summed E-state index contributed by atoms with van der Waals surface area (Å²) in [6.45, 7) is 5.21. The minimum Gasteiger partial charge on any atom is -0.484 e. The van der Waals surface area contributed by atoms with Gasteiger partial charge in [0.25, 0.3) is 5.91 Å². The second-order valence-corrected chi connectivity index (χ2v) is 7.29. The number of carbonyl (C=O) groups excluding carboxylic acids is 1. The van der Waals surface area contributed by atoms with Crippen molar-refractivity contribution in [2.24, 2.45) is 0 Å². The number of rotatable bonds is 9. The van der Waals surface area contributed by atoms with Crippen LogP contribution in [-0.4, -0.2) is 55.0 Å². The third kappa shape index (κ3) is 5.69. The first kappa shape index (κ1) is 19.1. The highest BCUT2D eigenvalue weighted by atomic mass is 32.2. The van der Waals surface area contributed by atoms with E-state index in [0.717, 1.165) is 6.42 Å². The second kappa shape index (κ2) is 9.91. The van der Waals surface area contributed by atoms with Gasteiger partial charge in [-0.1, -0.05) is 17.7 Å². The highest BCUT2D eigenvalue weighted by Crippen LogP contribution is 2.27. The summed E-state index contributed by atoms with van der Waals surface area (Å²) >= 11 is 1.93. The van der Waals surface area contributed by atoms with Gasteiger partial charge in [0.1, 0.15) is 5.75 Å². The van der Waals surface area contributed by atoms with Crippen LogP contribution in [0.3, 0.4) is 0 Å². The summed E-state index contributed by atoms with van der Waals surface area (Å²) in [4.78, 5) is 14.5. The van der Waals surface area contributed by atoms with Crippen LogP contribution >= 0.6 is 11.8 Å². The molecule has 1 aromatic carbocycles. The van der Waals surface area contributed by atoms with E-state index in [0.29, 0.717) is 24.2 Å². The maximum Gasteiger partial charge on any atom is 0.263 e. The third-order valence-corrected chi connectivity index (χ3v) is 5.36. The van der Waals surface area contributed by atoms with Gasteiger partial charge in [0, 0.05) is 18.4 Å². The van der Waals surface area contributed by atoms with Crippen molar-refractivity contribution in [1.29, 1.82) is 0 Å². The lowest BCUT2D eigenvalue weighted by Gasteiger charge is -2.32. The number of carbonyl (C=O) groups is 1. The Morgan fingerprint density at radius 1 is 1.42 bits per heavy atom. The predicted molar refractivity (Wildman–Crippen MR) is 98.3 cm³/mol. The molecule has 0 bridgehead atoms. The van der Waals surface area contributed by atoms with E-state index in [-0.39, 0.29) is 12.5 Å². The Morgan fingerprint density at radius 2 is 2.17 bits per heavy atom. The van der Waals surface area contributed by atoms with Crippen molar-refractivity contribution in [3.05, 3.63) is 29.8 Å². The zero-order valence-electron chi connectivity index (χ0n) is 14.8. The fourth-order valence-electron chi connectivity index (χ4n) is 2.69. The van der Waals surface area contributed by atoms with Crippen LogP contribution in [0.5, 0.6) is 5.75 Å². The van der Waals surface area contributed by atoms with E-state index >= 15 is 0 Å². The van der Waals surface area contributed by atoms with E-state index in [9.17, 15) is 4.79 Å². The molecule has 1 saturated heterocycles. The topological polar surface area (TPSA) is 50.8 Å². The summed E-state index contributed by atoms with van der Waals surface area (Å²) in [7, 11) is 1.81. The quantitative estimate of drug-likeness (QED) is 0.693. The molecule has 1 fully saturated rings. The van der Waals surface area contributed by atoms with Crippen LogP contribution in [0.15, 0.2) is 24.3 Å². The van der Waals surface area contributed by atoms with Crippen LogP contribution in [0.2, 0.25) is 0 Å². The van der Waals surface area contributed by atoms with Crippen molar-refractivity contribution in [1.82, 2.24) is 10.2 Å². The molecule has 1 aromatic rings. The molecule has 0 saturated carbocycles. The van der Waals surface area contributed by atoms with Crippen molar-refractivity contribution >= 4 is 17.7 Å². The zero-order chi connectivity index (χ0) is 17.4. The molecule has 0 spiro atoms. The van der Waals surface area contributed by atoms with Gasteiger partial charge < -0.3 is 14.4 Å². The molecule has 0 radical (unpaired) electrons. The SMILES string of the molecule is CCOC(NC)N(CC1CCCS1)C(=O)COc1ccc(C)cc1. The molecule has 2 unspecified atom stereocenters. The molecule has 24 heavy (non-hydrogen) atoms. The number of benzene rings is 1. The molecule has 0 aliphatic carbocycles. The molecule has 6 heteroatoms. The van der Waals surface area contributed by atoms with E-state index in [1.807, 2.05) is 56.9 Å². The molecule has 1 N–H and O–H groups in total. The summed E-state index contributed by atoms with van der Waals surface area (Å²) in [5.41, 5.74) is 1.17. The van der Waals surface area contributed by atoms with Crippen LogP contribution in [-0.2, 0) is 9.53 Å². The number of nitrogens with zero attached hydrogens (tertiary/aromatic N) is 1.